The molecule has 134 valence electrons. The van der Waals surface area contributed by atoms with Gasteiger partial charge in [-0.3, -0.25) is 14.8 Å². The summed E-state index contributed by atoms with van der Waals surface area (Å²) >= 11 is 0. The van der Waals surface area contributed by atoms with E-state index in [1.807, 2.05) is 30.3 Å². The molecule has 3 heterocycles. The van der Waals surface area contributed by atoms with E-state index in [0.29, 0.717) is 13.0 Å². The minimum absolute atomic E-state index is 0.000268. The number of aliphatic hydroxyl groups is 1. The van der Waals surface area contributed by atoms with Crippen molar-refractivity contribution in [2.24, 2.45) is 13.0 Å². The minimum atomic E-state index is -0.624. The van der Waals surface area contributed by atoms with Crippen molar-refractivity contribution in [2.45, 2.75) is 12.5 Å². The molecule has 1 aliphatic rings. The molecule has 8 nitrogen and oxygen atoms in total. The number of pyridine rings is 1. The van der Waals surface area contributed by atoms with Gasteiger partial charge in [-0.25, -0.2) is 9.48 Å². The number of likely N-dealkylation sites (tertiary alicyclic amines) is 1. The lowest BCUT2D eigenvalue weighted by Crippen LogP contribution is -2.30. The molecule has 26 heavy (non-hydrogen) atoms. The molecule has 4 rings (SSSR count). The zero-order valence-electron chi connectivity index (χ0n) is 14.3. The van der Waals surface area contributed by atoms with Crippen molar-refractivity contribution < 1.29 is 9.90 Å². The Hall–Kier alpha value is -3.00. The Labute approximate surface area is 149 Å². The number of fused-ring (bicyclic) bond motifs is 1. The van der Waals surface area contributed by atoms with E-state index in [0.717, 1.165) is 21.1 Å². The molecule has 1 aliphatic heterocycles. The Morgan fingerprint density at radius 3 is 2.88 bits per heavy atom. The van der Waals surface area contributed by atoms with Crippen LogP contribution in [0.2, 0.25) is 0 Å². The molecular formula is C18H19N5O3. The Balaban J connectivity index is 1.53. The van der Waals surface area contributed by atoms with E-state index in [1.165, 1.54) is 11.9 Å². The molecular weight excluding hydrogens is 334 g/mol. The summed E-state index contributed by atoms with van der Waals surface area (Å²) in [6, 6.07) is 9.83. The highest BCUT2D eigenvalue weighted by atomic mass is 16.3. The number of carbonyl (C=O) groups excluding carboxylic acids is 1. The Kier molecular flexibility index (Phi) is 4.04. The number of β-amino-alcohol motifs (C(OH)–C–C–N with tert-alkyl or cyclic N) is 1. The number of aliphatic hydroxyl groups excluding tert-OH is 1. The van der Waals surface area contributed by atoms with Crippen molar-refractivity contribution in [3.63, 3.8) is 0 Å². The number of nitrogens with zero attached hydrogens (tertiary/aromatic N) is 4. The third kappa shape index (κ3) is 2.88. The zero-order chi connectivity index (χ0) is 18.3. The smallest absolute Gasteiger partial charge is 0.343 e. The summed E-state index contributed by atoms with van der Waals surface area (Å²) in [4.78, 5) is 32.3. The SMILES string of the molecule is Cn1nc(C(=O)N2C[C@@H](Cc3ccnc4ccccc34)[C@@H](O)C2)[nH]c1=O. The maximum absolute atomic E-state index is 12.5. The molecule has 0 radical (unpaired) electrons. The summed E-state index contributed by atoms with van der Waals surface area (Å²) in [5.41, 5.74) is 1.57. The summed E-state index contributed by atoms with van der Waals surface area (Å²) in [6.45, 7) is 0.639. The summed E-state index contributed by atoms with van der Waals surface area (Å²) in [7, 11) is 1.48. The van der Waals surface area contributed by atoms with Gasteiger partial charge in [-0.15, -0.1) is 5.10 Å². The van der Waals surface area contributed by atoms with Crippen LogP contribution in [-0.4, -0.2) is 54.9 Å². The van der Waals surface area contributed by atoms with Crippen molar-refractivity contribution in [1.82, 2.24) is 24.6 Å². The van der Waals surface area contributed by atoms with Gasteiger partial charge in [0.25, 0.3) is 5.91 Å². The number of aromatic nitrogens is 4. The van der Waals surface area contributed by atoms with Crippen molar-refractivity contribution in [2.75, 3.05) is 13.1 Å². The number of hydrogen-bond acceptors (Lipinski definition) is 5. The van der Waals surface area contributed by atoms with Gasteiger partial charge in [-0.2, -0.15) is 0 Å². The van der Waals surface area contributed by atoms with Crippen LogP contribution in [-0.2, 0) is 13.5 Å². The largest absolute Gasteiger partial charge is 0.391 e. The van der Waals surface area contributed by atoms with E-state index in [1.54, 1.807) is 6.20 Å². The fraction of sp³-hybridized carbons (Fsp3) is 0.333. The maximum Gasteiger partial charge on any atom is 0.343 e. The first-order valence-electron chi connectivity index (χ1n) is 8.46. The number of hydrogen-bond donors (Lipinski definition) is 2. The molecule has 0 aliphatic carbocycles. The van der Waals surface area contributed by atoms with Crippen molar-refractivity contribution in [3.8, 4) is 0 Å². The van der Waals surface area contributed by atoms with E-state index in [9.17, 15) is 14.7 Å². The third-order valence-corrected chi connectivity index (χ3v) is 4.89. The van der Waals surface area contributed by atoms with Gasteiger partial charge in [0, 0.05) is 37.6 Å². The zero-order valence-corrected chi connectivity index (χ0v) is 14.3. The summed E-state index contributed by atoms with van der Waals surface area (Å²) < 4.78 is 1.08. The first-order chi connectivity index (χ1) is 12.5. The molecule has 1 aromatic carbocycles. The predicted octanol–water partition coefficient (Wildman–Crippen LogP) is 0.332. The van der Waals surface area contributed by atoms with Crippen molar-refractivity contribution >= 4 is 16.8 Å². The number of rotatable bonds is 3. The number of aryl methyl sites for hydroxylation is 1. The standard InChI is InChI=1S/C18H19N5O3/c1-22-18(26)20-16(21-22)17(25)23-9-12(15(24)10-23)8-11-6-7-19-14-5-3-2-4-13(11)14/h2-7,12,15,24H,8-10H2,1H3,(H,20,21,26)/t12-,15+/m1/s1. The molecule has 2 aromatic heterocycles. The van der Waals surface area contributed by atoms with Crippen LogP contribution in [0, 0.1) is 5.92 Å². The van der Waals surface area contributed by atoms with Crippen LogP contribution in [0.5, 0.6) is 0 Å². The topological polar surface area (TPSA) is 104 Å². The van der Waals surface area contributed by atoms with Gasteiger partial charge in [-0.1, -0.05) is 18.2 Å². The minimum Gasteiger partial charge on any atom is -0.391 e. The van der Waals surface area contributed by atoms with E-state index < -0.39 is 11.8 Å². The fourth-order valence-corrected chi connectivity index (χ4v) is 3.48. The fourth-order valence-electron chi connectivity index (χ4n) is 3.48. The first-order valence-corrected chi connectivity index (χ1v) is 8.46. The lowest BCUT2D eigenvalue weighted by Gasteiger charge is -2.15. The van der Waals surface area contributed by atoms with Crippen LogP contribution in [0.4, 0.5) is 0 Å². The third-order valence-electron chi connectivity index (χ3n) is 4.89. The molecule has 0 bridgehead atoms. The van der Waals surface area contributed by atoms with Gasteiger partial charge >= 0.3 is 5.69 Å². The van der Waals surface area contributed by atoms with Gasteiger partial charge in [0.05, 0.1) is 11.6 Å². The predicted molar refractivity (Wildman–Crippen MR) is 94.7 cm³/mol. The van der Waals surface area contributed by atoms with Gasteiger partial charge < -0.3 is 10.0 Å². The first kappa shape index (κ1) is 16.5. The number of amides is 1. The van der Waals surface area contributed by atoms with Crippen LogP contribution in [0.1, 0.15) is 16.2 Å². The molecule has 2 N–H and O–H groups in total. The highest BCUT2D eigenvalue weighted by molar-refractivity contribution is 5.90. The van der Waals surface area contributed by atoms with Crippen LogP contribution < -0.4 is 5.69 Å². The van der Waals surface area contributed by atoms with Gasteiger partial charge in [0.2, 0.25) is 5.82 Å². The quantitative estimate of drug-likeness (QED) is 0.706. The highest BCUT2D eigenvalue weighted by Crippen LogP contribution is 2.25. The molecule has 0 unspecified atom stereocenters. The molecule has 3 aromatic rings. The van der Waals surface area contributed by atoms with Crippen molar-refractivity contribution in [3.05, 3.63) is 58.4 Å². The van der Waals surface area contributed by atoms with Gasteiger partial charge in [0.1, 0.15) is 0 Å². The molecule has 1 fully saturated rings. The Morgan fingerprint density at radius 1 is 1.31 bits per heavy atom. The van der Waals surface area contributed by atoms with Crippen LogP contribution >= 0.6 is 0 Å². The number of aromatic amines is 1. The van der Waals surface area contributed by atoms with Crippen molar-refractivity contribution in [1.29, 1.82) is 0 Å². The summed E-state index contributed by atoms with van der Waals surface area (Å²) in [5.74, 6) is -0.455. The summed E-state index contributed by atoms with van der Waals surface area (Å²) in [5, 5.41) is 15.4. The number of para-hydroxylation sites is 1. The Bertz CT molecular complexity index is 1020. The van der Waals surface area contributed by atoms with Gasteiger partial charge in [-0.05, 0) is 24.1 Å². The second-order valence-electron chi connectivity index (χ2n) is 6.63. The number of nitrogens with one attached hydrogen (secondary N) is 1. The molecule has 1 saturated heterocycles. The van der Waals surface area contributed by atoms with E-state index in [-0.39, 0.29) is 24.2 Å². The van der Waals surface area contributed by atoms with Crippen LogP contribution in [0.25, 0.3) is 10.9 Å². The normalized spacial score (nSPS) is 20.0. The van der Waals surface area contributed by atoms with Gasteiger partial charge in [0.15, 0.2) is 0 Å². The average Bonchev–Trinajstić information content (AvgIpc) is 3.17. The highest BCUT2D eigenvalue weighted by Gasteiger charge is 2.35. The lowest BCUT2D eigenvalue weighted by atomic mass is 9.94. The number of H-pyrrole nitrogens is 1. The molecule has 0 spiro atoms. The molecule has 0 saturated carbocycles. The summed E-state index contributed by atoms with van der Waals surface area (Å²) in [6.07, 6.45) is 1.79. The van der Waals surface area contributed by atoms with E-state index >= 15 is 0 Å². The molecule has 1 amide bonds. The number of carbonyl (C=O) groups is 1. The second kappa shape index (κ2) is 6.38. The van der Waals surface area contributed by atoms with Crippen LogP contribution in [0.3, 0.4) is 0 Å². The monoisotopic (exact) mass is 353 g/mol. The number of benzene rings is 1. The molecule has 8 heteroatoms. The molecule has 2 atom stereocenters. The van der Waals surface area contributed by atoms with E-state index in [4.69, 9.17) is 0 Å². The van der Waals surface area contributed by atoms with E-state index in [2.05, 4.69) is 15.1 Å². The maximum atomic E-state index is 12.5. The van der Waals surface area contributed by atoms with Crippen LogP contribution in [0.15, 0.2) is 41.3 Å². The Morgan fingerprint density at radius 2 is 2.12 bits per heavy atom. The average molecular weight is 353 g/mol. The second-order valence-corrected chi connectivity index (χ2v) is 6.63. The lowest BCUT2D eigenvalue weighted by molar-refractivity contribution is 0.0752.